The van der Waals surface area contributed by atoms with E-state index in [2.05, 4.69) is 30.0 Å². The fourth-order valence-corrected chi connectivity index (χ4v) is 1.96. The van der Waals surface area contributed by atoms with Crippen LogP contribution in [0.1, 0.15) is 5.69 Å². The summed E-state index contributed by atoms with van der Waals surface area (Å²) in [7, 11) is -0.990. The molecule has 5 nitrogen and oxygen atoms in total. The molecule has 6 heteroatoms. The molecule has 0 fully saturated rings. The summed E-state index contributed by atoms with van der Waals surface area (Å²) in [6.07, 6.45) is 2.66. The van der Waals surface area contributed by atoms with Crippen LogP contribution in [0.25, 0.3) is 0 Å². The first-order valence-corrected chi connectivity index (χ1v) is 9.39. The average molecular weight is 242 g/mol. The highest BCUT2D eigenvalue weighted by Crippen LogP contribution is 2.07. The predicted molar refractivity (Wildman–Crippen MR) is 66.9 cm³/mol. The molecular weight excluding hydrogens is 220 g/mol. The van der Waals surface area contributed by atoms with Crippen molar-refractivity contribution in [1.29, 1.82) is 0 Å². The number of hydrogen-bond donors (Lipinski definition) is 1. The van der Waals surface area contributed by atoms with E-state index in [1.54, 1.807) is 4.68 Å². The maximum absolute atomic E-state index is 5.55. The van der Waals surface area contributed by atoms with E-state index in [1.807, 2.05) is 6.20 Å². The van der Waals surface area contributed by atoms with Gasteiger partial charge in [0, 0.05) is 21.1 Å². The molecule has 0 radical (unpaired) electrons. The monoisotopic (exact) mass is 242 g/mol. The van der Waals surface area contributed by atoms with Crippen molar-refractivity contribution in [2.45, 2.75) is 38.8 Å². The van der Waals surface area contributed by atoms with Crippen molar-refractivity contribution in [2.24, 2.45) is 5.73 Å². The highest BCUT2D eigenvalue weighted by atomic mass is 28.3. The third kappa shape index (κ3) is 5.39. The molecule has 1 rings (SSSR count). The zero-order chi connectivity index (χ0) is 12.0. The molecule has 16 heavy (non-hydrogen) atoms. The van der Waals surface area contributed by atoms with E-state index in [0.717, 1.165) is 18.7 Å². The van der Waals surface area contributed by atoms with E-state index in [9.17, 15) is 0 Å². The molecule has 0 amide bonds. The zero-order valence-electron chi connectivity index (χ0n) is 10.4. The van der Waals surface area contributed by atoms with Gasteiger partial charge in [0.2, 0.25) is 0 Å². The summed E-state index contributed by atoms with van der Waals surface area (Å²) in [6, 6.07) is 1.18. The lowest BCUT2D eigenvalue weighted by Crippen LogP contribution is -2.22. The van der Waals surface area contributed by atoms with Crippen LogP contribution in [0.2, 0.25) is 25.7 Å². The average Bonchev–Trinajstić information content (AvgIpc) is 2.60. The lowest BCUT2D eigenvalue weighted by molar-refractivity contribution is 0.0772. The molecule has 1 aromatic heterocycles. The zero-order valence-corrected chi connectivity index (χ0v) is 11.4. The van der Waals surface area contributed by atoms with Crippen LogP contribution < -0.4 is 5.73 Å². The second-order valence-electron chi connectivity index (χ2n) is 5.14. The van der Waals surface area contributed by atoms with E-state index in [4.69, 9.17) is 10.5 Å². The van der Waals surface area contributed by atoms with E-state index in [-0.39, 0.29) is 0 Å². The van der Waals surface area contributed by atoms with Gasteiger partial charge in [-0.2, -0.15) is 0 Å². The van der Waals surface area contributed by atoms with Gasteiger partial charge in [0.15, 0.2) is 0 Å². The molecule has 0 aliphatic rings. The smallest absolute Gasteiger partial charge is 0.141 e. The van der Waals surface area contributed by atoms with Gasteiger partial charge < -0.3 is 10.5 Å². The SMILES string of the molecule is C[Si](C)(C)CCOCn1cc(CCN)nn1. The minimum atomic E-state index is -0.990. The Morgan fingerprint density at radius 1 is 1.44 bits per heavy atom. The van der Waals surface area contributed by atoms with E-state index >= 15 is 0 Å². The minimum Gasteiger partial charge on any atom is -0.359 e. The summed E-state index contributed by atoms with van der Waals surface area (Å²) >= 11 is 0. The number of hydrogen-bond acceptors (Lipinski definition) is 4. The van der Waals surface area contributed by atoms with Gasteiger partial charge in [0.1, 0.15) is 6.73 Å². The van der Waals surface area contributed by atoms with Gasteiger partial charge in [0.05, 0.1) is 11.9 Å². The van der Waals surface area contributed by atoms with Crippen LogP contribution in [0.4, 0.5) is 0 Å². The molecule has 2 N–H and O–H groups in total. The molecule has 0 saturated carbocycles. The Hall–Kier alpha value is -0.723. The quantitative estimate of drug-likeness (QED) is 0.574. The highest BCUT2D eigenvalue weighted by molar-refractivity contribution is 6.76. The topological polar surface area (TPSA) is 66.0 Å². The first-order valence-electron chi connectivity index (χ1n) is 5.68. The van der Waals surface area contributed by atoms with Crippen LogP contribution in [-0.2, 0) is 17.9 Å². The van der Waals surface area contributed by atoms with Crippen molar-refractivity contribution in [3.8, 4) is 0 Å². The molecule has 0 aromatic carbocycles. The highest BCUT2D eigenvalue weighted by Gasteiger charge is 2.12. The van der Waals surface area contributed by atoms with Crippen molar-refractivity contribution in [3.63, 3.8) is 0 Å². The van der Waals surface area contributed by atoms with Gasteiger partial charge in [-0.25, -0.2) is 4.68 Å². The lowest BCUT2D eigenvalue weighted by atomic mass is 10.3. The Bertz CT molecular complexity index is 308. The van der Waals surface area contributed by atoms with Gasteiger partial charge in [0.25, 0.3) is 0 Å². The number of ether oxygens (including phenoxy) is 1. The van der Waals surface area contributed by atoms with Crippen molar-refractivity contribution < 1.29 is 4.74 Å². The fourth-order valence-electron chi connectivity index (χ4n) is 1.20. The first kappa shape index (κ1) is 13.3. The number of nitrogens with two attached hydrogens (primary N) is 1. The molecular formula is C10H22N4OSi. The van der Waals surface area contributed by atoms with Crippen LogP contribution in [0.15, 0.2) is 6.20 Å². The molecule has 0 bridgehead atoms. The Kier molecular flexibility index (Phi) is 5.10. The summed E-state index contributed by atoms with van der Waals surface area (Å²) in [5.74, 6) is 0. The molecule has 0 aliphatic carbocycles. The van der Waals surface area contributed by atoms with Gasteiger partial charge in [-0.15, -0.1) is 5.10 Å². The van der Waals surface area contributed by atoms with Gasteiger partial charge >= 0.3 is 0 Å². The Labute approximate surface area is 98.0 Å². The summed E-state index contributed by atoms with van der Waals surface area (Å²) in [4.78, 5) is 0. The molecule has 0 spiro atoms. The molecule has 0 atom stereocenters. The van der Waals surface area contributed by atoms with Crippen molar-refractivity contribution in [2.75, 3.05) is 13.2 Å². The van der Waals surface area contributed by atoms with Crippen LogP contribution in [-0.4, -0.2) is 36.2 Å². The van der Waals surface area contributed by atoms with Crippen molar-refractivity contribution >= 4 is 8.07 Å². The van der Waals surface area contributed by atoms with Gasteiger partial charge in [-0.05, 0) is 12.6 Å². The number of nitrogens with zero attached hydrogens (tertiary/aromatic N) is 3. The first-order chi connectivity index (χ1) is 7.51. The lowest BCUT2D eigenvalue weighted by Gasteiger charge is -2.15. The number of aromatic nitrogens is 3. The fraction of sp³-hybridized carbons (Fsp3) is 0.800. The molecule has 0 aliphatic heterocycles. The Morgan fingerprint density at radius 2 is 2.19 bits per heavy atom. The van der Waals surface area contributed by atoms with Crippen LogP contribution in [0.5, 0.6) is 0 Å². The number of rotatable bonds is 7. The molecule has 1 aromatic rings. The molecule has 0 unspecified atom stereocenters. The largest absolute Gasteiger partial charge is 0.359 e. The third-order valence-corrected chi connectivity index (χ3v) is 3.91. The third-order valence-electron chi connectivity index (χ3n) is 2.21. The summed E-state index contributed by atoms with van der Waals surface area (Å²) in [6.45, 7) is 8.92. The van der Waals surface area contributed by atoms with Crippen molar-refractivity contribution in [3.05, 3.63) is 11.9 Å². The second kappa shape index (κ2) is 6.12. The normalized spacial score (nSPS) is 12.0. The standard InChI is InChI=1S/C10H22N4OSi/c1-16(2,3)7-6-15-9-14-8-10(4-5-11)12-13-14/h8H,4-7,9,11H2,1-3H3. The second-order valence-corrected chi connectivity index (χ2v) is 10.8. The van der Waals surface area contributed by atoms with E-state index in [0.29, 0.717) is 13.3 Å². The van der Waals surface area contributed by atoms with Gasteiger partial charge in [-0.1, -0.05) is 24.9 Å². The molecule has 0 saturated heterocycles. The minimum absolute atomic E-state index is 0.488. The maximum atomic E-state index is 5.55. The van der Waals surface area contributed by atoms with Crippen molar-refractivity contribution in [1.82, 2.24) is 15.0 Å². The van der Waals surface area contributed by atoms with Crippen LogP contribution in [0, 0.1) is 0 Å². The Balaban J connectivity index is 2.21. The molecule has 1 heterocycles. The Morgan fingerprint density at radius 3 is 2.81 bits per heavy atom. The summed E-state index contributed by atoms with van der Waals surface area (Å²) in [5.41, 5.74) is 6.36. The van der Waals surface area contributed by atoms with Crippen LogP contribution in [0.3, 0.4) is 0 Å². The predicted octanol–water partition coefficient (Wildman–Crippen LogP) is 1.09. The maximum Gasteiger partial charge on any atom is 0.141 e. The summed E-state index contributed by atoms with van der Waals surface area (Å²) < 4.78 is 7.27. The van der Waals surface area contributed by atoms with E-state index < -0.39 is 8.07 Å². The van der Waals surface area contributed by atoms with Crippen LogP contribution >= 0.6 is 0 Å². The molecule has 92 valence electrons. The van der Waals surface area contributed by atoms with Gasteiger partial charge in [-0.3, -0.25) is 0 Å². The van der Waals surface area contributed by atoms with E-state index in [1.165, 1.54) is 6.04 Å². The summed E-state index contributed by atoms with van der Waals surface area (Å²) in [5, 5.41) is 7.96.